The van der Waals surface area contributed by atoms with Crippen molar-refractivity contribution in [3.05, 3.63) is 53.4 Å². The molecule has 1 aromatic carbocycles. The van der Waals surface area contributed by atoms with E-state index in [1.807, 2.05) is 32.0 Å². The van der Waals surface area contributed by atoms with E-state index in [4.69, 9.17) is 4.42 Å². The highest BCUT2D eigenvalue weighted by atomic mass is 16.3. The van der Waals surface area contributed by atoms with Crippen LogP contribution in [0.25, 0.3) is 11.1 Å². The Morgan fingerprint density at radius 3 is 2.62 bits per heavy atom. The van der Waals surface area contributed by atoms with Gasteiger partial charge < -0.3 is 19.6 Å². The van der Waals surface area contributed by atoms with Crippen LogP contribution >= 0.6 is 0 Å². The number of nitrogens with one attached hydrogen (secondary N) is 2. The number of aromatic nitrogens is 1. The Kier molecular flexibility index (Phi) is 4.12. The van der Waals surface area contributed by atoms with Crippen molar-refractivity contribution in [3.63, 3.8) is 0 Å². The van der Waals surface area contributed by atoms with Gasteiger partial charge in [0.25, 0.3) is 5.91 Å². The third kappa shape index (κ3) is 3.03. The van der Waals surface area contributed by atoms with E-state index < -0.39 is 0 Å². The zero-order chi connectivity index (χ0) is 17.3. The Morgan fingerprint density at radius 1 is 1.12 bits per heavy atom. The van der Waals surface area contributed by atoms with Gasteiger partial charge in [-0.25, -0.2) is 0 Å². The summed E-state index contributed by atoms with van der Waals surface area (Å²) < 4.78 is 7.01. The summed E-state index contributed by atoms with van der Waals surface area (Å²) in [6, 6.07) is 9.14. The second kappa shape index (κ2) is 6.23. The molecule has 0 saturated heterocycles. The highest BCUT2D eigenvalue weighted by Gasteiger charge is 2.15. The lowest BCUT2D eigenvalue weighted by atomic mass is 10.1. The molecule has 3 aromatic rings. The SMILES string of the molecule is Cc1ccc(NC(=O)CNC(=O)c2cc3occc3n2C)cc1C. The lowest BCUT2D eigenvalue weighted by Crippen LogP contribution is -2.33. The Balaban J connectivity index is 1.61. The smallest absolute Gasteiger partial charge is 0.268 e. The highest BCUT2D eigenvalue weighted by molar-refractivity contribution is 6.00. The first-order valence-electron chi connectivity index (χ1n) is 7.64. The predicted octanol–water partition coefficient (Wildman–Crippen LogP) is 2.76. The van der Waals surface area contributed by atoms with E-state index in [9.17, 15) is 9.59 Å². The van der Waals surface area contributed by atoms with Gasteiger partial charge in [0.15, 0.2) is 5.58 Å². The topological polar surface area (TPSA) is 76.3 Å². The van der Waals surface area contributed by atoms with E-state index >= 15 is 0 Å². The fraction of sp³-hybridized carbons (Fsp3) is 0.222. The number of amides is 2. The van der Waals surface area contributed by atoms with Gasteiger partial charge in [0.05, 0.1) is 18.3 Å². The molecule has 0 bridgehead atoms. The Morgan fingerprint density at radius 2 is 1.92 bits per heavy atom. The Hall–Kier alpha value is -3.02. The fourth-order valence-corrected chi connectivity index (χ4v) is 2.54. The number of hydrogen-bond donors (Lipinski definition) is 2. The zero-order valence-corrected chi connectivity index (χ0v) is 13.8. The second-order valence-corrected chi connectivity index (χ2v) is 5.79. The lowest BCUT2D eigenvalue weighted by Gasteiger charge is -2.09. The van der Waals surface area contributed by atoms with E-state index in [1.165, 1.54) is 0 Å². The van der Waals surface area contributed by atoms with Gasteiger partial charge in [-0.1, -0.05) is 6.07 Å². The summed E-state index contributed by atoms with van der Waals surface area (Å²) in [6.07, 6.45) is 1.57. The molecule has 2 N–H and O–H groups in total. The van der Waals surface area contributed by atoms with E-state index in [-0.39, 0.29) is 18.4 Å². The number of anilines is 1. The largest absolute Gasteiger partial charge is 0.463 e. The van der Waals surface area contributed by atoms with Gasteiger partial charge in [0, 0.05) is 24.9 Å². The quantitative estimate of drug-likeness (QED) is 0.774. The van der Waals surface area contributed by atoms with Crippen LogP contribution in [0.5, 0.6) is 0 Å². The third-order valence-electron chi connectivity index (χ3n) is 4.10. The van der Waals surface area contributed by atoms with Crippen molar-refractivity contribution >= 4 is 28.6 Å². The number of carbonyl (C=O) groups is 2. The lowest BCUT2D eigenvalue weighted by molar-refractivity contribution is -0.115. The Labute approximate surface area is 139 Å². The summed E-state index contributed by atoms with van der Waals surface area (Å²) in [5.74, 6) is -0.594. The van der Waals surface area contributed by atoms with Crippen molar-refractivity contribution in [3.8, 4) is 0 Å². The molecule has 0 radical (unpaired) electrons. The minimum atomic E-state index is -0.320. The first kappa shape index (κ1) is 15.9. The molecule has 2 heterocycles. The first-order valence-corrected chi connectivity index (χ1v) is 7.64. The summed E-state index contributed by atoms with van der Waals surface area (Å²) in [6.45, 7) is 3.90. The average Bonchev–Trinajstić information content (AvgIpc) is 3.12. The number of aryl methyl sites for hydroxylation is 3. The predicted molar refractivity (Wildman–Crippen MR) is 92.1 cm³/mol. The minimum Gasteiger partial charge on any atom is -0.463 e. The molecule has 3 rings (SSSR count). The molecular weight excluding hydrogens is 306 g/mol. The molecule has 0 unspecified atom stereocenters. The van der Waals surface area contributed by atoms with Crippen LogP contribution in [0.4, 0.5) is 5.69 Å². The summed E-state index contributed by atoms with van der Waals surface area (Å²) in [7, 11) is 1.78. The number of benzene rings is 1. The normalized spacial score (nSPS) is 10.8. The van der Waals surface area contributed by atoms with Gasteiger partial charge >= 0.3 is 0 Å². The van der Waals surface area contributed by atoms with Crippen molar-refractivity contribution < 1.29 is 14.0 Å². The van der Waals surface area contributed by atoms with E-state index in [2.05, 4.69) is 10.6 Å². The molecule has 6 heteroatoms. The second-order valence-electron chi connectivity index (χ2n) is 5.79. The molecule has 6 nitrogen and oxygen atoms in total. The first-order chi connectivity index (χ1) is 11.5. The molecule has 0 aliphatic rings. The molecular formula is C18H19N3O3. The van der Waals surface area contributed by atoms with E-state index in [1.54, 1.807) is 30.0 Å². The third-order valence-corrected chi connectivity index (χ3v) is 4.10. The van der Waals surface area contributed by atoms with Crippen LogP contribution in [0, 0.1) is 13.8 Å². The van der Waals surface area contributed by atoms with Crippen molar-refractivity contribution in [2.24, 2.45) is 7.05 Å². The van der Waals surface area contributed by atoms with Gasteiger partial charge in [-0.15, -0.1) is 0 Å². The summed E-state index contributed by atoms with van der Waals surface area (Å²) in [5, 5.41) is 5.40. The molecule has 0 saturated carbocycles. The van der Waals surface area contributed by atoms with Gasteiger partial charge in [0.2, 0.25) is 5.91 Å². The zero-order valence-electron chi connectivity index (χ0n) is 13.8. The van der Waals surface area contributed by atoms with E-state index in [0.717, 1.165) is 16.6 Å². The maximum atomic E-state index is 12.2. The average molecular weight is 325 g/mol. The molecule has 0 aliphatic heterocycles. The molecule has 2 aromatic heterocycles. The molecule has 0 aliphatic carbocycles. The summed E-state index contributed by atoms with van der Waals surface area (Å²) >= 11 is 0. The van der Waals surface area contributed by atoms with Crippen molar-refractivity contribution in [1.29, 1.82) is 0 Å². The van der Waals surface area contributed by atoms with Crippen molar-refractivity contribution in [1.82, 2.24) is 9.88 Å². The number of furan rings is 1. The number of hydrogen-bond acceptors (Lipinski definition) is 3. The van der Waals surface area contributed by atoms with Crippen LogP contribution in [-0.4, -0.2) is 22.9 Å². The fourth-order valence-electron chi connectivity index (χ4n) is 2.54. The van der Waals surface area contributed by atoms with E-state index in [0.29, 0.717) is 17.0 Å². The van der Waals surface area contributed by atoms with Gasteiger partial charge in [-0.05, 0) is 37.1 Å². The van der Waals surface area contributed by atoms with Crippen LogP contribution in [0.2, 0.25) is 0 Å². The summed E-state index contributed by atoms with van der Waals surface area (Å²) in [4.78, 5) is 24.2. The number of fused-ring (bicyclic) bond motifs is 1. The highest BCUT2D eigenvalue weighted by Crippen LogP contribution is 2.19. The monoisotopic (exact) mass is 325 g/mol. The molecule has 2 amide bonds. The molecule has 0 spiro atoms. The maximum Gasteiger partial charge on any atom is 0.268 e. The van der Waals surface area contributed by atoms with Crippen LogP contribution in [-0.2, 0) is 11.8 Å². The van der Waals surface area contributed by atoms with Crippen LogP contribution < -0.4 is 10.6 Å². The van der Waals surface area contributed by atoms with Crippen LogP contribution in [0.1, 0.15) is 21.6 Å². The van der Waals surface area contributed by atoms with Crippen molar-refractivity contribution in [2.75, 3.05) is 11.9 Å². The molecule has 124 valence electrons. The number of carbonyl (C=O) groups excluding carboxylic acids is 2. The number of nitrogens with zero attached hydrogens (tertiary/aromatic N) is 1. The maximum absolute atomic E-state index is 12.2. The van der Waals surface area contributed by atoms with Crippen molar-refractivity contribution in [2.45, 2.75) is 13.8 Å². The molecule has 0 atom stereocenters. The van der Waals surface area contributed by atoms with Gasteiger partial charge in [0.1, 0.15) is 5.69 Å². The molecule has 0 fully saturated rings. The Bertz CT molecular complexity index is 921. The summed E-state index contributed by atoms with van der Waals surface area (Å²) in [5.41, 5.74) is 4.90. The van der Waals surface area contributed by atoms with Crippen LogP contribution in [0.3, 0.4) is 0 Å². The standard InChI is InChI=1S/C18H19N3O3/c1-11-4-5-13(8-12(11)2)20-17(22)10-19-18(23)15-9-16-14(21(15)3)6-7-24-16/h4-9H,10H2,1-3H3,(H,19,23)(H,20,22). The molecule has 24 heavy (non-hydrogen) atoms. The van der Waals surface area contributed by atoms with Gasteiger partial charge in [-0.2, -0.15) is 0 Å². The van der Waals surface area contributed by atoms with Crippen LogP contribution in [0.15, 0.2) is 41.0 Å². The minimum absolute atomic E-state index is 0.0989. The number of rotatable bonds is 4. The van der Waals surface area contributed by atoms with Gasteiger partial charge in [-0.3, -0.25) is 9.59 Å².